The number of piperazine rings is 1. The summed E-state index contributed by atoms with van der Waals surface area (Å²) in [6.45, 7) is 6.48. The average Bonchev–Trinajstić information content (AvgIpc) is 2.72. The number of nitrogens with one attached hydrogen (secondary N) is 1. The van der Waals surface area contributed by atoms with Crippen LogP contribution in [0.4, 0.5) is 5.95 Å². The van der Waals surface area contributed by atoms with Crippen LogP contribution in [-0.4, -0.2) is 67.7 Å². The first-order valence-corrected chi connectivity index (χ1v) is 9.32. The predicted molar refractivity (Wildman–Crippen MR) is 124 cm³/mol. The van der Waals surface area contributed by atoms with Gasteiger partial charge in [-0.15, -0.1) is 24.0 Å². The molecule has 152 valence electrons. The standard InChI is InChI=1S/C20H28N6O.HI/c1-16-5-6-18(27-3)17(15-16)7-10-24-19(21-2)25-11-13-26(14-12-25)20-22-8-4-9-23-20;/h4-6,8-9,15H,7,10-14H2,1-3H3,(H,21,24);1H. The van der Waals surface area contributed by atoms with E-state index in [1.807, 2.05) is 19.2 Å². The Bertz CT molecular complexity index is 763. The van der Waals surface area contributed by atoms with Crippen molar-refractivity contribution in [3.63, 3.8) is 0 Å². The minimum absolute atomic E-state index is 0. The molecule has 1 N–H and O–H groups in total. The third kappa shape index (κ3) is 5.70. The van der Waals surface area contributed by atoms with E-state index < -0.39 is 0 Å². The maximum atomic E-state index is 5.47. The van der Waals surface area contributed by atoms with Gasteiger partial charge in [0.15, 0.2) is 5.96 Å². The average molecular weight is 496 g/mol. The van der Waals surface area contributed by atoms with Gasteiger partial charge in [-0.1, -0.05) is 17.7 Å². The molecule has 0 bridgehead atoms. The van der Waals surface area contributed by atoms with E-state index in [1.54, 1.807) is 19.5 Å². The van der Waals surface area contributed by atoms with Gasteiger partial charge in [0.2, 0.25) is 5.95 Å². The van der Waals surface area contributed by atoms with Gasteiger partial charge in [0.05, 0.1) is 7.11 Å². The summed E-state index contributed by atoms with van der Waals surface area (Å²) in [7, 11) is 3.55. The first kappa shape index (κ1) is 22.2. The number of aliphatic imine (C=N–C) groups is 1. The minimum Gasteiger partial charge on any atom is -0.496 e. The molecule has 28 heavy (non-hydrogen) atoms. The molecule has 0 amide bonds. The van der Waals surface area contributed by atoms with Gasteiger partial charge in [0.25, 0.3) is 0 Å². The maximum absolute atomic E-state index is 5.47. The summed E-state index contributed by atoms with van der Waals surface area (Å²) >= 11 is 0. The number of anilines is 1. The van der Waals surface area contributed by atoms with Gasteiger partial charge in [-0.25, -0.2) is 9.97 Å². The Kier molecular flexibility index (Phi) is 8.75. The number of halogens is 1. The second-order valence-corrected chi connectivity index (χ2v) is 6.56. The molecule has 0 radical (unpaired) electrons. The van der Waals surface area contributed by atoms with Crippen molar-refractivity contribution in [3.8, 4) is 5.75 Å². The van der Waals surface area contributed by atoms with E-state index in [9.17, 15) is 0 Å². The van der Waals surface area contributed by atoms with Gasteiger partial charge < -0.3 is 19.9 Å². The lowest BCUT2D eigenvalue weighted by atomic mass is 10.1. The molecule has 0 atom stereocenters. The summed E-state index contributed by atoms with van der Waals surface area (Å²) in [5, 5.41) is 3.48. The van der Waals surface area contributed by atoms with Crippen molar-refractivity contribution < 1.29 is 4.74 Å². The van der Waals surface area contributed by atoms with Crippen molar-refractivity contribution in [2.45, 2.75) is 13.3 Å². The van der Waals surface area contributed by atoms with E-state index in [0.717, 1.165) is 56.8 Å². The van der Waals surface area contributed by atoms with E-state index in [2.05, 4.69) is 49.1 Å². The molecule has 0 spiro atoms. The van der Waals surface area contributed by atoms with E-state index in [0.29, 0.717) is 0 Å². The third-order valence-electron chi connectivity index (χ3n) is 4.74. The van der Waals surface area contributed by atoms with Gasteiger partial charge in [0.1, 0.15) is 5.75 Å². The number of hydrogen-bond donors (Lipinski definition) is 1. The molecular formula is C20H29IN6O. The molecule has 1 fully saturated rings. The third-order valence-corrected chi connectivity index (χ3v) is 4.74. The van der Waals surface area contributed by atoms with E-state index in [-0.39, 0.29) is 24.0 Å². The Labute approximate surface area is 184 Å². The van der Waals surface area contributed by atoms with Crippen molar-refractivity contribution in [1.29, 1.82) is 0 Å². The highest BCUT2D eigenvalue weighted by Gasteiger charge is 2.20. The topological polar surface area (TPSA) is 65.9 Å². The summed E-state index contributed by atoms with van der Waals surface area (Å²) < 4.78 is 5.47. The number of ether oxygens (including phenoxy) is 1. The highest BCUT2D eigenvalue weighted by Crippen LogP contribution is 2.19. The van der Waals surface area contributed by atoms with Crippen LogP contribution in [0.25, 0.3) is 0 Å². The fraction of sp³-hybridized carbons (Fsp3) is 0.450. The molecule has 1 aliphatic rings. The summed E-state index contributed by atoms with van der Waals surface area (Å²) in [6.07, 6.45) is 4.46. The zero-order chi connectivity index (χ0) is 19.1. The fourth-order valence-electron chi connectivity index (χ4n) is 3.32. The van der Waals surface area contributed by atoms with E-state index in [1.165, 1.54) is 11.1 Å². The van der Waals surface area contributed by atoms with Crippen LogP contribution in [0, 0.1) is 6.92 Å². The molecule has 3 rings (SSSR count). The van der Waals surface area contributed by atoms with Crippen molar-refractivity contribution >= 4 is 35.9 Å². The van der Waals surface area contributed by atoms with Crippen LogP contribution < -0.4 is 15.0 Å². The molecule has 0 unspecified atom stereocenters. The molecule has 2 aromatic rings. The SMILES string of the molecule is CN=C(NCCc1cc(C)ccc1OC)N1CCN(c2ncccn2)CC1.I. The summed E-state index contributed by atoms with van der Waals surface area (Å²) in [6, 6.07) is 8.13. The lowest BCUT2D eigenvalue weighted by Gasteiger charge is -2.36. The molecule has 1 aromatic carbocycles. The van der Waals surface area contributed by atoms with Gasteiger partial charge in [-0.3, -0.25) is 4.99 Å². The minimum atomic E-state index is 0. The number of rotatable bonds is 5. The van der Waals surface area contributed by atoms with Crippen molar-refractivity contribution in [3.05, 3.63) is 47.8 Å². The van der Waals surface area contributed by atoms with Crippen LogP contribution in [0.1, 0.15) is 11.1 Å². The summed E-state index contributed by atoms with van der Waals surface area (Å²) in [4.78, 5) is 17.6. The quantitative estimate of drug-likeness (QED) is 0.390. The van der Waals surface area contributed by atoms with Crippen LogP contribution in [0.2, 0.25) is 0 Å². The number of methoxy groups -OCH3 is 1. The number of aryl methyl sites for hydroxylation is 1. The first-order chi connectivity index (χ1) is 13.2. The Hall–Kier alpha value is -2.10. The molecule has 0 aliphatic carbocycles. The van der Waals surface area contributed by atoms with E-state index in [4.69, 9.17) is 4.74 Å². The molecule has 1 aromatic heterocycles. The molecule has 8 heteroatoms. The van der Waals surface area contributed by atoms with Gasteiger partial charge >= 0.3 is 0 Å². The molecule has 7 nitrogen and oxygen atoms in total. The molecule has 2 heterocycles. The lowest BCUT2D eigenvalue weighted by molar-refractivity contribution is 0.370. The second kappa shape index (κ2) is 11.0. The molecule has 1 saturated heterocycles. The van der Waals surface area contributed by atoms with Gasteiger partial charge in [-0.2, -0.15) is 0 Å². The Morgan fingerprint density at radius 1 is 1.18 bits per heavy atom. The van der Waals surface area contributed by atoms with E-state index >= 15 is 0 Å². The van der Waals surface area contributed by atoms with Crippen LogP contribution in [0.3, 0.4) is 0 Å². The Morgan fingerprint density at radius 2 is 1.89 bits per heavy atom. The zero-order valence-corrected chi connectivity index (χ0v) is 19.1. The number of hydrogen-bond acceptors (Lipinski definition) is 5. The smallest absolute Gasteiger partial charge is 0.225 e. The van der Waals surface area contributed by atoms with Crippen LogP contribution in [-0.2, 0) is 6.42 Å². The highest BCUT2D eigenvalue weighted by atomic mass is 127. The molecule has 1 aliphatic heterocycles. The number of nitrogens with zero attached hydrogens (tertiary/aromatic N) is 5. The van der Waals surface area contributed by atoms with Crippen molar-refractivity contribution in [2.75, 3.05) is 51.8 Å². The maximum Gasteiger partial charge on any atom is 0.225 e. The lowest BCUT2D eigenvalue weighted by Crippen LogP contribution is -2.53. The monoisotopic (exact) mass is 496 g/mol. The highest BCUT2D eigenvalue weighted by molar-refractivity contribution is 14.0. The Morgan fingerprint density at radius 3 is 2.54 bits per heavy atom. The first-order valence-electron chi connectivity index (χ1n) is 9.32. The molecular weight excluding hydrogens is 467 g/mol. The van der Waals surface area contributed by atoms with Crippen molar-refractivity contribution in [2.24, 2.45) is 4.99 Å². The normalized spacial score (nSPS) is 14.5. The predicted octanol–water partition coefficient (Wildman–Crippen LogP) is 2.35. The Balaban J connectivity index is 0.00000280. The summed E-state index contributed by atoms with van der Waals surface area (Å²) in [5.74, 6) is 2.68. The van der Waals surface area contributed by atoms with Crippen LogP contribution >= 0.6 is 24.0 Å². The number of aromatic nitrogens is 2. The number of guanidine groups is 1. The largest absolute Gasteiger partial charge is 0.496 e. The zero-order valence-electron chi connectivity index (χ0n) is 16.8. The van der Waals surface area contributed by atoms with Crippen molar-refractivity contribution in [1.82, 2.24) is 20.2 Å². The van der Waals surface area contributed by atoms with Gasteiger partial charge in [-0.05, 0) is 31.0 Å². The molecule has 0 saturated carbocycles. The fourth-order valence-corrected chi connectivity index (χ4v) is 3.32. The van der Waals surface area contributed by atoms with Crippen LogP contribution in [0.15, 0.2) is 41.7 Å². The van der Waals surface area contributed by atoms with Gasteiger partial charge in [0, 0.05) is 52.2 Å². The summed E-state index contributed by atoms with van der Waals surface area (Å²) in [5.41, 5.74) is 2.46. The number of benzene rings is 1. The van der Waals surface area contributed by atoms with Crippen LogP contribution in [0.5, 0.6) is 5.75 Å². The second-order valence-electron chi connectivity index (χ2n) is 6.56.